The van der Waals surface area contributed by atoms with E-state index in [1.807, 2.05) is 0 Å². The number of halogens is 5. The lowest BCUT2D eigenvalue weighted by atomic mass is 9.98. The van der Waals surface area contributed by atoms with Gasteiger partial charge in [0.15, 0.2) is 0 Å². The maximum Gasteiger partial charge on any atom is 0.417 e. The lowest BCUT2D eigenvalue weighted by Crippen LogP contribution is -2.29. The number of nitrogens with zero attached hydrogens (tertiary/aromatic N) is 2. The molecule has 3 aromatic carbocycles. The molecule has 0 aliphatic heterocycles. The van der Waals surface area contributed by atoms with Gasteiger partial charge in [0.1, 0.15) is 29.0 Å². The molecule has 4 rings (SSSR count). The van der Waals surface area contributed by atoms with Gasteiger partial charge in [-0.15, -0.1) is 0 Å². The van der Waals surface area contributed by atoms with Crippen LogP contribution in [0.1, 0.15) is 23.6 Å². The van der Waals surface area contributed by atoms with Crippen molar-refractivity contribution in [3.8, 4) is 34.2 Å². The van der Waals surface area contributed by atoms with Crippen LogP contribution in [-0.4, -0.2) is 22.4 Å². The summed E-state index contributed by atoms with van der Waals surface area (Å²) in [7, 11) is 0. The molecule has 2 N–H and O–H groups in total. The summed E-state index contributed by atoms with van der Waals surface area (Å²) in [5, 5.41) is 20.8. The zero-order chi connectivity index (χ0) is 29.9. The minimum absolute atomic E-state index is 0.110. The van der Waals surface area contributed by atoms with Crippen molar-refractivity contribution >= 4 is 11.8 Å². The Morgan fingerprint density at radius 2 is 1.73 bits per heavy atom. The van der Waals surface area contributed by atoms with Gasteiger partial charge in [-0.2, -0.15) is 18.4 Å². The van der Waals surface area contributed by atoms with Crippen LogP contribution in [0.2, 0.25) is 0 Å². The van der Waals surface area contributed by atoms with E-state index in [-0.39, 0.29) is 34.9 Å². The number of carbonyl (C=O) groups is 1. The van der Waals surface area contributed by atoms with Crippen molar-refractivity contribution in [1.82, 2.24) is 4.57 Å². The van der Waals surface area contributed by atoms with Gasteiger partial charge in [0.05, 0.1) is 30.1 Å². The summed E-state index contributed by atoms with van der Waals surface area (Å²) in [6, 6.07) is 15.1. The predicted octanol–water partition coefficient (Wildman–Crippen LogP) is 6.89. The molecular weight excluding hydrogens is 549 g/mol. The summed E-state index contributed by atoms with van der Waals surface area (Å²) in [4.78, 5) is 24.5. The van der Waals surface area contributed by atoms with Crippen molar-refractivity contribution in [3.05, 3.63) is 105 Å². The topological polar surface area (TPSA) is 104 Å². The highest BCUT2D eigenvalue weighted by molar-refractivity contribution is 5.87. The van der Waals surface area contributed by atoms with Crippen molar-refractivity contribution in [3.63, 3.8) is 0 Å². The quantitative estimate of drug-likeness (QED) is 0.236. The molecule has 12 heteroatoms. The van der Waals surface area contributed by atoms with E-state index in [0.717, 1.165) is 16.7 Å². The molecule has 0 saturated carbocycles. The first-order valence-corrected chi connectivity index (χ1v) is 12.0. The molecule has 1 heterocycles. The van der Waals surface area contributed by atoms with E-state index in [4.69, 9.17) is 4.74 Å². The number of rotatable bonds is 7. The van der Waals surface area contributed by atoms with Crippen molar-refractivity contribution in [2.24, 2.45) is 0 Å². The first-order chi connectivity index (χ1) is 19.4. The Morgan fingerprint density at radius 1 is 1.02 bits per heavy atom. The van der Waals surface area contributed by atoms with E-state index in [1.165, 1.54) is 36.4 Å². The highest BCUT2D eigenvalue weighted by atomic mass is 19.4. The monoisotopic (exact) mass is 569 g/mol. The molecule has 4 aromatic rings. The molecule has 0 bridgehead atoms. The Labute approximate surface area is 229 Å². The highest BCUT2D eigenvalue weighted by Crippen LogP contribution is 2.36. The minimum Gasteiger partial charge on any atom is -0.492 e. The fraction of sp³-hybridized carbons (Fsp3) is 0.138. The summed E-state index contributed by atoms with van der Waals surface area (Å²) in [5.74, 6) is -1.65. The maximum absolute atomic E-state index is 14.5. The van der Waals surface area contributed by atoms with E-state index in [9.17, 15) is 41.9 Å². The van der Waals surface area contributed by atoms with Gasteiger partial charge in [0.25, 0.3) is 5.56 Å². The number of nitriles is 1. The average molecular weight is 569 g/mol. The molecular formula is C29H20F5N3O4. The van der Waals surface area contributed by atoms with Crippen LogP contribution in [0.25, 0.3) is 22.4 Å². The molecule has 210 valence electrons. The fourth-order valence-corrected chi connectivity index (χ4v) is 4.26. The van der Waals surface area contributed by atoms with Crippen molar-refractivity contribution < 1.29 is 36.6 Å². The molecule has 0 aliphatic rings. The number of anilines is 1. The number of carboxylic acid groups (broad SMARTS) is 1. The Hall–Kier alpha value is -5.18. The van der Waals surface area contributed by atoms with E-state index in [0.29, 0.717) is 23.3 Å². The summed E-state index contributed by atoms with van der Waals surface area (Å²) in [6.45, 7) is 1.38. The number of aromatic nitrogens is 1. The maximum atomic E-state index is 14.5. The number of hydrogen-bond acceptors (Lipinski definition) is 4. The Balaban J connectivity index is 1.93. The molecule has 0 spiro atoms. The van der Waals surface area contributed by atoms with Crippen LogP contribution >= 0.6 is 0 Å². The highest BCUT2D eigenvalue weighted by Gasteiger charge is 2.36. The number of alkyl halides is 3. The van der Waals surface area contributed by atoms with E-state index in [1.54, 1.807) is 19.1 Å². The van der Waals surface area contributed by atoms with Crippen LogP contribution in [0.4, 0.5) is 32.4 Å². The van der Waals surface area contributed by atoms with Gasteiger partial charge in [0.2, 0.25) is 0 Å². The second-order valence-corrected chi connectivity index (χ2v) is 8.71. The lowest BCUT2D eigenvalue weighted by Gasteiger charge is -2.19. The third-order valence-electron chi connectivity index (χ3n) is 6.07. The van der Waals surface area contributed by atoms with Gasteiger partial charge in [-0.05, 0) is 53.9 Å². The van der Waals surface area contributed by atoms with Crippen LogP contribution in [0.15, 0.2) is 71.5 Å². The minimum atomic E-state index is -5.05. The summed E-state index contributed by atoms with van der Waals surface area (Å²) in [6.07, 6.45) is -6.39. The number of ether oxygens (including phenoxy) is 1. The predicted molar refractivity (Wildman–Crippen MR) is 140 cm³/mol. The van der Waals surface area contributed by atoms with Gasteiger partial charge in [-0.3, -0.25) is 10.1 Å². The largest absolute Gasteiger partial charge is 0.492 e. The van der Waals surface area contributed by atoms with Gasteiger partial charge >= 0.3 is 12.3 Å². The van der Waals surface area contributed by atoms with Crippen molar-refractivity contribution in [2.75, 3.05) is 11.9 Å². The Kier molecular flexibility index (Phi) is 8.09. The van der Waals surface area contributed by atoms with E-state index < -0.39 is 47.1 Å². The summed E-state index contributed by atoms with van der Waals surface area (Å²) >= 11 is 0. The third-order valence-corrected chi connectivity index (χ3v) is 6.07. The molecule has 0 aliphatic carbocycles. The molecule has 0 saturated heterocycles. The fourth-order valence-electron chi connectivity index (χ4n) is 4.26. The van der Waals surface area contributed by atoms with E-state index in [2.05, 4.69) is 5.32 Å². The molecule has 0 radical (unpaired) electrons. The van der Waals surface area contributed by atoms with Crippen LogP contribution in [-0.2, 0) is 12.7 Å². The van der Waals surface area contributed by atoms with Crippen LogP contribution in [0.3, 0.4) is 0 Å². The molecule has 0 atom stereocenters. The standard InChI is InChI=1S/C29H20F5N3O4/c1-2-41-26-9-7-17(11-24(26)36-28(39)40)16-4-3-5-18(10-16)25-13-22(29(32,33)34)21(14-35)27(38)37(25)15-19-6-8-20(30)12-23(19)31/h3-13,36H,2,15H2,1H3,(H,39,40). The summed E-state index contributed by atoms with van der Waals surface area (Å²) in [5.41, 5.74) is -3.27. The van der Waals surface area contributed by atoms with Crippen molar-refractivity contribution in [2.45, 2.75) is 19.6 Å². The first-order valence-electron chi connectivity index (χ1n) is 12.0. The normalized spacial score (nSPS) is 11.1. The second-order valence-electron chi connectivity index (χ2n) is 8.71. The zero-order valence-electron chi connectivity index (χ0n) is 21.2. The molecule has 0 unspecified atom stereocenters. The molecule has 7 nitrogen and oxygen atoms in total. The molecule has 0 fully saturated rings. The molecule has 1 aromatic heterocycles. The SMILES string of the molecule is CCOc1ccc(-c2cccc(-c3cc(C(F)(F)F)c(C#N)c(=O)n3Cc3ccc(F)cc3F)c2)cc1NC(=O)O. The van der Waals surface area contributed by atoms with Gasteiger partial charge in [0, 0.05) is 11.6 Å². The first kappa shape index (κ1) is 28.8. The number of nitrogens with one attached hydrogen (secondary N) is 1. The number of benzene rings is 3. The second kappa shape index (κ2) is 11.5. The van der Waals surface area contributed by atoms with E-state index >= 15 is 0 Å². The van der Waals surface area contributed by atoms with Crippen LogP contribution < -0.4 is 15.6 Å². The number of pyridine rings is 1. The average Bonchev–Trinajstić information content (AvgIpc) is 2.91. The zero-order valence-corrected chi connectivity index (χ0v) is 21.2. The number of hydrogen-bond donors (Lipinski definition) is 2. The van der Waals surface area contributed by atoms with Crippen molar-refractivity contribution in [1.29, 1.82) is 5.26 Å². The number of amides is 1. The Bertz CT molecular complexity index is 1740. The van der Waals surface area contributed by atoms with Crippen LogP contribution in [0, 0.1) is 23.0 Å². The van der Waals surface area contributed by atoms with Gasteiger partial charge < -0.3 is 14.4 Å². The summed E-state index contributed by atoms with van der Waals surface area (Å²) < 4.78 is 75.9. The molecule has 41 heavy (non-hydrogen) atoms. The Morgan fingerprint density at radius 3 is 2.37 bits per heavy atom. The third kappa shape index (κ3) is 6.19. The lowest BCUT2D eigenvalue weighted by molar-refractivity contribution is -0.137. The van der Waals surface area contributed by atoms with Gasteiger partial charge in [-0.25, -0.2) is 13.6 Å². The van der Waals surface area contributed by atoms with Crippen LogP contribution in [0.5, 0.6) is 5.75 Å². The smallest absolute Gasteiger partial charge is 0.417 e. The molecule has 1 amide bonds. The van der Waals surface area contributed by atoms with Gasteiger partial charge in [-0.1, -0.05) is 30.3 Å².